The van der Waals surface area contributed by atoms with Crippen molar-refractivity contribution in [1.29, 1.82) is 0 Å². The highest BCUT2D eigenvalue weighted by Crippen LogP contribution is 2.04. The van der Waals surface area contributed by atoms with Gasteiger partial charge >= 0.3 is 12.0 Å². The Kier molecular flexibility index (Phi) is 6.56. The first-order valence-electron chi connectivity index (χ1n) is 6.90. The second-order valence-corrected chi connectivity index (χ2v) is 4.71. The quantitative estimate of drug-likeness (QED) is 0.715. The summed E-state index contributed by atoms with van der Waals surface area (Å²) in [6, 6.07) is 7.96. The molecule has 5 heteroatoms. The highest BCUT2D eigenvalue weighted by Gasteiger charge is 2.21. The molecule has 1 rings (SSSR count). The van der Waals surface area contributed by atoms with Crippen LogP contribution < -0.4 is 10.6 Å². The monoisotopic (exact) mass is 278 g/mol. The van der Waals surface area contributed by atoms with Gasteiger partial charge in [-0.3, -0.25) is 0 Å². The van der Waals surface area contributed by atoms with Crippen LogP contribution in [0.2, 0.25) is 0 Å². The lowest BCUT2D eigenvalue weighted by Gasteiger charge is -2.19. The maximum Gasteiger partial charge on any atom is 0.326 e. The third-order valence-electron chi connectivity index (χ3n) is 3.21. The highest BCUT2D eigenvalue weighted by atomic mass is 16.4. The molecule has 0 heterocycles. The van der Waals surface area contributed by atoms with Crippen LogP contribution in [0, 0.1) is 0 Å². The van der Waals surface area contributed by atoms with E-state index in [2.05, 4.69) is 10.6 Å². The second-order valence-electron chi connectivity index (χ2n) is 4.71. The molecule has 0 aromatic heterocycles. The number of hydrogen-bond acceptors (Lipinski definition) is 2. The fourth-order valence-corrected chi connectivity index (χ4v) is 1.93. The van der Waals surface area contributed by atoms with Crippen LogP contribution in [0.3, 0.4) is 0 Å². The van der Waals surface area contributed by atoms with E-state index in [1.807, 2.05) is 44.2 Å². The number of urea groups is 1. The van der Waals surface area contributed by atoms with Crippen molar-refractivity contribution in [3.05, 3.63) is 35.9 Å². The largest absolute Gasteiger partial charge is 0.480 e. The molecule has 110 valence electrons. The summed E-state index contributed by atoms with van der Waals surface area (Å²) in [6.45, 7) is 3.96. The molecular weight excluding hydrogens is 256 g/mol. The molecule has 0 aliphatic rings. The molecule has 1 aromatic carbocycles. The summed E-state index contributed by atoms with van der Waals surface area (Å²) >= 11 is 0. The van der Waals surface area contributed by atoms with Crippen molar-refractivity contribution in [2.45, 2.75) is 45.2 Å². The molecule has 0 fully saturated rings. The van der Waals surface area contributed by atoms with Gasteiger partial charge in [0.1, 0.15) is 6.04 Å². The summed E-state index contributed by atoms with van der Waals surface area (Å²) in [7, 11) is 0. The molecule has 0 radical (unpaired) electrons. The van der Waals surface area contributed by atoms with E-state index in [0.29, 0.717) is 0 Å². The van der Waals surface area contributed by atoms with Gasteiger partial charge in [-0.05, 0) is 18.4 Å². The van der Waals surface area contributed by atoms with Crippen LogP contribution in [0.25, 0.3) is 0 Å². The van der Waals surface area contributed by atoms with Gasteiger partial charge in [-0.1, -0.05) is 44.2 Å². The van der Waals surface area contributed by atoms with E-state index < -0.39 is 18.0 Å². The van der Waals surface area contributed by atoms with E-state index in [4.69, 9.17) is 0 Å². The number of hydrogen-bond donors (Lipinski definition) is 3. The Morgan fingerprint density at radius 1 is 1.10 bits per heavy atom. The molecule has 5 nitrogen and oxygen atoms in total. The Morgan fingerprint density at radius 2 is 1.70 bits per heavy atom. The fraction of sp³-hybridized carbons (Fsp3) is 0.467. The molecular formula is C15H22N2O3. The van der Waals surface area contributed by atoms with E-state index in [0.717, 1.165) is 18.4 Å². The molecule has 0 spiro atoms. The van der Waals surface area contributed by atoms with Crippen LogP contribution in [-0.2, 0) is 11.2 Å². The smallest absolute Gasteiger partial charge is 0.326 e. The Hall–Kier alpha value is -2.04. The minimum atomic E-state index is -1.03. The Morgan fingerprint density at radius 3 is 2.20 bits per heavy atom. The first-order valence-corrected chi connectivity index (χ1v) is 6.90. The number of benzene rings is 1. The average molecular weight is 278 g/mol. The molecule has 0 bridgehead atoms. The van der Waals surface area contributed by atoms with Crippen LogP contribution >= 0.6 is 0 Å². The number of aliphatic carboxylic acids is 1. The van der Waals surface area contributed by atoms with E-state index in [1.165, 1.54) is 0 Å². The summed E-state index contributed by atoms with van der Waals surface area (Å²) in [5.74, 6) is -1.03. The van der Waals surface area contributed by atoms with Crippen LogP contribution in [-0.4, -0.2) is 29.2 Å². The molecule has 0 saturated heterocycles. The van der Waals surface area contributed by atoms with Gasteiger partial charge in [0, 0.05) is 12.5 Å². The standard InChI is InChI=1S/C15H22N2O3/c1-3-12(4-2)16-15(20)17-13(14(18)19)10-11-8-6-5-7-9-11/h5-9,12-13H,3-4,10H2,1-2H3,(H,18,19)(H2,16,17,20)/t13-/m0/s1. The van der Waals surface area contributed by atoms with Crippen molar-refractivity contribution < 1.29 is 14.7 Å². The van der Waals surface area contributed by atoms with Gasteiger partial charge in [-0.2, -0.15) is 0 Å². The lowest BCUT2D eigenvalue weighted by atomic mass is 10.1. The van der Waals surface area contributed by atoms with Crippen molar-refractivity contribution >= 4 is 12.0 Å². The molecule has 2 amide bonds. The average Bonchev–Trinajstić information content (AvgIpc) is 2.45. The second kappa shape index (κ2) is 8.19. The van der Waals surface area contributed by atoms with Crippen molar-refractivity contribution in [3.63, 3.8) is 0 Å². The number of carboxylic acids is 1. The van der Waals surface area contributed by atoms with Crippen LogP contribution in [0.4, 0.5) is 4.79 Å². The van der Waals surface area contributed by atoms with Gasteiger partial charge in [-0.15, -0.1) is 0 Å². The molecule has 1 aromatic rings. The summed E-state index contributed by atoms with van der Waals surface area (Å²) in [5, 5.41) is 14.5. The number of carbonyl (C=O) groups is 2. The summed E-state index contributed by atoms with van der Waals surface area (Å²) in [6.07, 6.45) is 1.91. The van der Waals surface area contributed by atoms with Crippen LogP contribution in [0.15, 0.2) is 30.3 Å². The molecule has 20 heavy (non-hydrogen) atoms. The Labute approximate surface area is 119 Å². The summed E-state index contributed by atoms with van der Waals surface area (Å²) in [5.41, 5.74) is 0.878. The molecule has 0 aliphatic carbocycles. The van der Waals surface area contributed by atoms with Crippen molar-refractivity contribution in [1.82, 2.24) is 10.6 Å². The number of amides is 2. The van der Waals surface area contributed by atoms with Crippen LogP contribution in [0.5, 0.6) is 0 Å². The number of nitrogens with one attached hydrogen (secondary N) is 2. The van der Waals surface area contributed by atoms with Gasteiger partial charge in [0.25, 0.3) is 0 Å². The normalized spacial score (nSPS) is 11.9. The summed E-state index contributed by atoms with van der Waals surface area (Å²) < 4.78 is 0. The predicted octanol–water partition coefficient (Wildman–Crippen LogP) is 2.17. The Balaban J connectivity index is 2.59. The van der Waals surface area contributed by atoms with Crippen molar-refractivity contribution in [2.24, 2.45) is 0 Å². The zero-order chi connectivity index (χ0) is 15.0. The number of rotatable bonds is 7. The summed E-state index contributed by atoms with van der Waals surface area (Å²) in [4.78, 5) is 23.0. The lowest BCUT2D eigenvalue weighted by Crippen LogP contribution is -2.49. The van der Waals surface area contributed by atoms with E-state index in [-0.39, 0.29) is 12.5 Å². The predicted molar refractivity (Wildman–Crippen MR) is 77.6 cm³/mol. The third-order valence-corrected chi connectivity index (χ3v) is 3.21. The molecule has 1 atom stereocenters. The third kappa shape index (κ3) is 5.30. The number of carbonyl (C=O) groups excluding carboxylic acids is 1. The molecule has 0 unspecified atom stereocenters. The van der Waals surface area contributed by atoms with E-state index in [1.54, 1.807) is 0 Å². The lowest BCUT2D eigenvalue weighted by molar-refractivity contribution is -0.139. The van der Waals surface area contributed by atoms with Gasteiger partial charge in [0.15, 0.2) is 0 Å². The van der Waals surface area contributed by atoms with Crippen molar-refractivity contribution in [2.75, 3.05) is 0 Å². The maximum atomic E-state index is 11.8. The first-order chi connectivity index (χ1) is 9.56. The minimum Gasteiger partial charge on any atom is -0.480 e. The Bertz CT molecular complexity index is 430. The first kappa shape index (κ1) is 16.0. The highest BCUT2D eigenvalue weighted by molar-refractivity contribution is 5.82. The minimum absolute atomic E-state index is 0.0705. The molecule has 0 saturated carbocycles. The van der Waals surface area contributed by atoms with E-state index >= 15 is 0 Å². The molecule has 3 N–H and O–H groups in total. The maximum absolute atomic E-state index is 11.8. The van der Waals surface area contributed by atoms with Crippen molar-refractivity contribution in [3.8, 4) is 0 Å². The zero-order valence-electron chi connectivity index (χ0n) is 11.9. The van der Waals surface area contributed by atoms with Gasteiger partial charge < -0.3 is 15.7 Å². The van der Waals surface area contributed by atoms with Crippen LogP contribution in [0.1, 0.15) is 32.3 Å². The SMILES string of the molecule is CCC(CC)NC(=O)N[C@@H](Cc1ccccc1)C(=O)O. The number of carboxylic acid groups (broad SMARTS) is 1. The van der Waals surface area contributed by atoms with E-state index in [9.17, 15) is 14.7 Å². The fourth-order valence-electron chi connectivity index (χ4n) is 1.93. The van der Waals surface area contributed by atoms with Gasteiger partial charge in [-0.25, -0.2) is 9.59 Å². The zero-order valence-corrected chi connectivity index (χ0v) is 11.9. The van der Waals surface area contributed by atoms with Gasteiger partial charge in [0.05, 0.1) is 0 Å². The topological polar surface area (TPSA) is 78.4 Å². The van der Waals surface area contributed by atoms with Gasteiger partial charge in [0.2, 0.25) is 0 Å². The molecule has 0 aliphatic heterocycles.